The van der Waals surface area contributed by atoms with E-state index >= 15 is 0 Å². The van der Waals surface area contributed by atoms with Crippen LogP contribution in [0.5, 0.6) is 5.75 Å². The number of hydrogen-bond donors (Lipinski definition) is 0. The lowest BCUT2D eigenvalue weighted by atomic mass is 10.1. The van der Waals surface area contributed by atoms with E-state index < -0.39 is 0 Å². The molecule has 7 heteroatoms. The Bertz CT molecular complexity index is 801. The summed E-state index contributed by atoms with van der Waals surface area (Å²) < 4.78 is 12.1. The summed E-state index contributed by atoms with van der Waals surface area (Å²) >= 11 is 2.20. The molecule has 6 nitrogen and oxygen atoms in total. The van der Waals surface area contributed by atoms with Crippen molar-refractivity contribution in [2.24, 2.45) is 5.11 Å². The van der Waals surface area contributed by atoms with Gasteiger partial charge in [-0.2, -0.15) is 0 Å². The van der Waals surface area contributed by atoms with Crippen molar-refractivity contribution in [3.63, 3.8) is 0 Å². The third-order valence-corrected chi connectivity index (χ3v) is 4.40. The first-order valence-electron chi connectivity index (χ1n) is 7.41. The van der Waals surface area contributed by atoms with E-state index in [1.165, 1.54) is 0 Å². The normalized spacial score (nSPS) is 16.4. The van der Waals surface area contributed by atoms with Crippen molar-refractivity contribution < 1.29 is 14.3 Å². The summed E-state index contributed by atoms with van der Waals surface area (Å²) in [5.74, 6) is 0.554. The van der Waals surface area contributed by atoms with Gasteiger partial charge >= 0.3 is 5.97 Å². The van der Waals surface area contributed by atoms with Crippen LogP contribution in [-0.4, -0.2) is 5.97 Å². The molecule has 1 aliphatic rings. The molecule has 0 radical (unpaired) electrons. The van der Waals surface area contributed by atoms with E-state index in [4.69, 9.17) is 15.0 Å². The Morgan fingerprint density at radius 3 is 2.75 bits per heavy atom. The molecule has 2 aromatic rings. The predicted octanol–water partition coefficient (Wildman–Crippen LogP) is 5.19. The SMILES string of the molecule is [N-]=[N+]=Nc1ccc(I)cc1COc1ccc(C2CCC(=O)O2)cc1. The van der Waals surface area contributed by atoms with E-state index in [-0.39, 0.29) is 12.1 Å². The maximum absolute atomic E-state index is 11.2. The van der Waals surface area contributed by atoms with Gasteiger partial charge in [0.15, 0.2) is 0 Å². The van der Waals surface area contributed by atoms with E-state index in [0.717, 1.165) is 21.1 Å². The lowest BCUT2D eigenvalue weighted by Crippen LogP contribution is -1.99. The highest BCUT2D eigenvalue weighted by Crippen LogP contribution is 2.30. The Kier molecular flexibility index (Phi) is 5.22. The zero-order chi connectivity index (χ0) is 16.9. The molecule has 0 aliphatic carbocycles. The average Bonchev–Trinajstić information content (AvgIpc) is 3.02. The Hall–Kier alpha value is -2.25. The van der Waals surface area contributed by atoms with Crippen LogP contribution in [0.4, 0.5) is 5.69 Å². The smallest absolute Gasteiger partial charge is 0.306 e. The lowest BCUT2D eigenvalue weighted by Gasteiger charge is -2.12. The molecule has 0 amide bonds. The molecule has 24 heavy (non-hydrogen) atoms. The number of carbonyl (C=O) groups is 1. The zero-order valence-corrected chi connectivity index (χ0v) is 14.8. The van der Waals surface area contributed by atoms with Crippen LogP contribution in [0.25, 0.3) is 10.4 Å². The van der Waals surface area contributed by atoms with Gasteiger partial charge in [0.2, 0.25) is 0 Å². The number of azide groups is 1. The maximum Gasteiger partial charge on any atom is 0.306 e. The van der Waals surface area contributed by atoms with E-state index in [0.29, 0.717) is 24.5 Å². The monoisotopic (exact) mass is 435 g/mol. The second kappa shape index (κ2) is 7.55. The molecule has 1 atom stereocenters. The van der Waals surface area contributed by atoms with E-state index in [1.807, 2.05) is 36.4 Å². The Labute approximate surface area is 152 Å². The van der Waals surface area contributed by atoms with Gasteiger partial charge < -0.3 is 9.47 Å². The number of nitrogens with zero attached hydrogens (tertiary/aromatic N) is 3. The van der Waals surface area contributed by atoms with Gasteiger partial charge in [0.1, 0.15) is 18.5 Å². The number of ether oxygens (including phenoxy) is 2. The second-order valence-electron chi connectivity index (χ2n) is 5.34. The largest absolute Gasteiger partial charge is 0.489 e. The highest BCUT2D eigenvalue weighted by Gasteiger charge is 2.24. The Morgan fingerprint density at radius 1 is 1.29 bits per heavy atom. The van der Waals surface area contributed by atoms with Crippen molar-refractivity contribution >= 4 is 34.2 Å². The quantitative estimate of drug-likeness (QED) is 0.213. The molecule has 0 aromatic heterocycles. The highest BCUT2D eigenvalue weighted by molar-refractivity contribution is 14.1. The van der Waals surface area contributed by atoms with Crippen LogP contribution in [-0.2, 0) is 16.1 Å². The van der Waals surface area contributed by atoms with Crippen molar-refractivity contribution in [1.82, 2.24) is 0 Å². The van der Waals surface area contributed by atoms with Gasteiger partial charge in [-0.3, -0.25) is 4.79 Å². The molecule has 2 aromatic carbocycles. The van der Waals surface area contributed by atoms with Crippen LogP contribution in [0, 0.1) is 3.57 Å². The molecule has 1 heterocycles. The van der Waals surface area contributed by atoms with Crippen LogP contribution >= 0.6 is 22.6 Å². The van der Waals surface area contributed by atoms with Gasteiger partial charge in [-0.05, 0) is 69.9 Å². The summed E-state index contributed by atoms with van der Waals surface area (Å²) in [6.07, 6.45) is 1.04. The summed E-state index contributed by atoms with van der Waals surface area (Å²) in [7, 11) is 0. The summed E-state index contributed by atoms with van der Waals surface area (Å²) in [6, 6.07) is 13.1. The fraction of sp³-hybridized carbons (Fsp3) is 0.235. The van der Waals surface area contributed by atoms with Crippen LogP contribution in [0.15, 0.2) is 47.6 Å². The molecule has 0 saturated carbocycles. The third kappa shape index (κ3) is 3.98. The highest BCUT2D eigenvalue weighted by atomic mass is 127. The van der Waals surface area contributed by atoms with Crippen LogP contribution in [0.1, 0.15) is 30.1 Å². The average molecular weight is 435 g/mol. The summed E-state index contributed by atoms with van der Waals surface area (Å²) in [4.78, 5) is 14.0. The molecule has 1 saturated heterocycles. The van der Waals surface area contributed by atoms with Crippen LogP contribution in [0.2, 0.25) is 0 Å². The van der Waals surface area contributed by atoms with Gasteiger partial charge in [-0.25, -0.2) is 0 Å². The molecule has 1 fully saturated rings. The Balaban J connectivity index is 1.68. The van der Waals surface area contributed by atoms with Gasteiger partial charge in [-0.1, -0.05) is 23.3 Å². The number of hydrogen-bond acceptors (Lipinski definition) is 4. The molecule has 1 unspecified atom stereocenters. The molecular weight excluding hydrogens is 421 g/mol. The summed E-state index contributed by atoms with van der Waals surface area (Å²) in [5.41, 5.74) is 11.0. The number of rotatable bonds is 5. The molecule has 0 bridgehead atoms. The maximum atomic E-state index is 11.2. The topological polar surface area (TPSA) is 84.3 Å². The number of halogens is 1. The van der Waals surface area contributed by atoms with E-state index in [9.17, 15) is 4.79 Å². The number of carbonyl (C=O) groups excluding carboxylic acids is 1. The first kappa shape index (κ1) is 16.6. The molecule has 122 valence electrons. The third-order valence-electron chi connectivity index (χ3n) is 3.72. The molecular formula is C17H14IN3O3. The van der Waals surface area contributed by atoms with Gasteiger partial charge in [0, 0.05) is 20.6 Å². The molecule has 0 spiro atoms. The summed E-state index contributed by atoms with van der Waals surface area (Å²) in [5, 5.41) is 3.68. The van der Waals surface area contributed by atoms with Crippen molar-refractivity contribution in [1.29, 1.82) is 0 Å². The predicted molar refractivity (Wildman–Crippen MR) is 96.8 cm³/mol. The van der Waals surface area contributed by atoms with Crippen molar-refractivity contribution in [3.8, 4) is 5.75 Å². The first-order valence-corrected chi connectivity index (χ1v) is 8.49. The number of benzene rings is 2. The van der Waals surface area contributed by atoms with Gasteiger partial charge in [-0.15, -0.1) is 0 Å². The van der Waals surface area contributed by atoms with Crippen molar-refractivity contribution in [2.75, 3.05) is 0 Å². The summed E-state index contributed by atoms with van der Waals surface area (Å²) in [6.45, 7) is 0.308. The molecule has 1 aliphatic heterocycles. The minimum absolute atomic E-state index is 0.149. The van der Waals surface area contributed by atoms with Gasteiger partial charge in [0.05, 0.1) is 0 Å². The fourth-order valence-corrected chi connectivity index (χ4v) is 3.07. The van der Waals surface area contributed by atoms with E-state index in [1.54, 1.807) is 6.07 Å². The number of esters is 1. The fourth-order valence-electron chi connectivity index (χ4n) is 2.52. The standard InChI is InChI=1S/C17H14IN3O3/c18-13-3-6-15(20-21-19)12(9-13)10-23-14-4-1-11(2-5-14)16-7-8-17(22)24-16/h1-6,9,16H,7-8,10H2. The molecule has 0 N–H and O–H groups in total. The van der Waals surface area contributed by atoms with Crippen molar-refractivity contribution in [3.05, 3.63) is 67.6 Å². The van der Waals surface area contributed by atoms with Crippen LogP contribution in [0.3, 0.4) is 0 Å². The van der Waals surface area contributed by atoms with Gasteiger partial charge in [0.25, 0.3) is 0 Å². The minimum Gasteiger partial charge on any atom is -0.489 e. The van der Waals surface area contributed by atoms with Crippen LogP contribution < -0.4 is 4.74 Å². The number of cyclic esters (lactones) is 1. The first-order chi connectivity index (χ1) is 11.7. The second-order valence-corrected chi connectivity index (χ2v) is 6.58. The minimum atomic E-state index is -0.154. The van der Waals surface area contributed by atoms with E-state index in [2.05, 4.69) is 32.6 Å². The zero-order valence-electron chi connectivity index (χ0n) is 12.7. The Morgan fingerprint density at radius 2 is 2.08 bits per heavy atom. The molecule has 3 rings (SSSR count). The lowest BCUT2D eigenvalue weighted by molar-refractivity contribution is -0.141. The van der Waals surface area contributed by atoms with Crippen molar-refractivity contribution in [2.45, 2.75) is 25.6 Å².